The summed E-state index contributed by atoms with van der Waals surface area (Å²) >= 11 is 6.52. The number of halogens is 1. The number of ether oxygens (including phenoxy) is 2. The molecule has 3 aromatic carbocycles. The van der Waals surface area contributed by atoms with Gasteiger partial charge in [0, 0.05) is 17.5 Å². The number of benzene rings is 3. The van der Waals surface area contributed by atoms with E-state index in [1.807, 2.05) is 18.2 Å². The number of aromatic carboxylic acids is 1. The van der Waals surface area contributed by atoms with Crippen LogP contribution < -0.4 is 20.1 Å². The fourth-order valence-corrected chi connectivity index (χ4v) is 6.40. The van der Waals surface area contributed by atoms with E-state index in [2.05, 4.69) is 36.6 Å². The van der Waals surface area contributed by atoms with E-state index in [0.717, 1.165) is 25.0 Å². The maximum Gasteiger partial charge on any atom is 0.335 e. The summed E-state index contributed by atoms with van der Waals surface area (Å²) in [4.78, 5) is 38.2. The average Bonchev–Trinajstić information content (AvgIpc) is 3.13. The standard InChI is InChI=1S/C45H63ClN2O6/c1-6-8-9-10-11-12-13-14-15-16-17-18-19-22-33-23-20-24-37(31-33)53-40(21-7-2)47-35-27-30-38(46)39(32-35)48-43(50)41(42(49)45(3,4)5)54-36-28-25-34(26-29-36)44(51)52/h20,23-32,40-41,47H,6-19,21-22H2,1-5H3,(H,48,50)(H,51,52). The summed E-state index contributed by atoms with van der Waals surface area (Å²) in [6.07, 6.45) is 18.2. The Bertz CT molecular complexity index is 1590. The van der Waals surface area contributed by atoms with E-state index in [1.54, 1.807) is 32.9 Å². The van der Waals surface area contributed by atoms with E-state index in [-0.39, 0.29) is 22.6 Å². The number of anilines is 2. The summed E-state index contributed by atoms with van der Waals surface area (Å²) in [5, 5.41) is 15.7. The molecule has 0 saturated heterocycles. The molecule has 0 aliphatic rings. The third-order valence-corrected chi connectivity index (χ3v) is 9.75. The first kappa shape index (κ1) is 44.4. The Morgan fingerprint density at radius 2 is 1.33 bits per heavy atom. The van der Waals surface area contributed by atoms with Crippen LogP contribution in [0.3, 0.4) is 0 Å². The summed E-state index contributed by atoms with van der Waals surface area (Å²) in [7, 11) is 0. The monoisotopic (exact) mass is 762 g/mol. The number of hydrogen-bond donors (Lipinski definition) is 3. The maximum absolute atomic E-state index is 13.6. The summed E-state index contributed by atoms with van der Waals surface area (Å²) in [5.74, 6) is -1.25. The minimum absolute atomic E-state index is 0.0599. The van der Waals surface area contributed by atoms with Gasteiger partial charge >= 0.3 is 5.97 Å². The fraction of sp³-hybridized carbons (Fsp3) is 0.533. The Labute approximate surface area is 328 Å². The lowest BCUT2D eigenvalue weighted by Gasteiger charge is -2.25. The summed E-state index contributed by atoms with van der Waals surface area (Å²) in [6, 6.07) is 19.0. The number of rotatable bonds is 26. The van der Waals surface area contributed by atoms with Crippen molar-refractivity contribution in [3.05, 3.63) is 82.9 Å². The van der Waals surface area contributed by atoms with Gasteiger partial charge in [-0.15, -0.1) is 0 Å². The highest BCUT2D eigenvalue weighted by molar-refractivity contribution is 6.34. The number of Topliss-reactive ketones (excluding diaryl/α,β-unsaturated/α-hetero) is 1. The second-order valence-electron chi connectivity index (χ2n) is 15.3. The van der Waals surface area contributed by atoms with Gasteiger partial charge in [-0.1, -0.05) is 142 Å². The Balaban J connectivity index is 1.55. The van der Waals surface area contributed by atoms with Crippen molar-refractivity contribution in [2.45, 2.75) is 150 Å². The smallest absolute Gasteiger partial charge is 0.335 e. The molecule has 3 aromatic rings. The van der Waals surface area contributed by atoms with E-state index in [4.69, 9.17) is 21.1 Å². The van der Waals surface area contributed by atoms with Crippen LogP contribution in [-0.4, -0.2) is 35.1 Å². The zero-order chi connectivity index (χ0) is 39.3. The van der Waals surface area contributed by atoms with Crippen molar-refractivity contribution in [2.24, 2.45) is 5.41 Å². The largest absolute Gasteiger partial charge is 0.478 e. The van der Waals surface area contributed by atoms with Crippen LogP contribution in [0.15, 0.2) is 66.7 Å². The summed E-state index contributed by atoms with van der Waals surface area (Å²) in [5.41, 5.74) is 1.41. The van der Waals surface area contributed by atoms with Gasteiger partial charge in [-0.3, -0.25) is 9.59 Å². The lowest BCUT2D eigenvalue weighted by Crippen LogP contribution is -2.45. The molecule has 54 heavy (non-hydrogen) atoms. The number of amides is 1. The highest BCUT2D eigenvalue weighted by atomic mass is 35.5. The molecule has 2 atom stereocenters. The van der Waals surface area contributed by atoms with Crippen molar-refractivity contribution in [3.63, 3.8) is 0 Å². The van der Waals surface area contributed by atoms with Crippen LogP contribution in [0.4, 0.5) is 11.4 Å². The van der Waals surface area contributed by atoms with E-state index >= 15 is 0 Å². The van der Waals surface area contributed by atoms with Crippen LogP contribution in [-0.2, 0) is 16.0 Å². The predicted molar refractivity (Wildman–Crippen MR) is 221 cm³/mol. The lowest BCUT2D eigenvalue weighted by atomic mass is 9.87. The van der Waals surface area contributed by atoms with Crippen molar-refractivity contribution in [1.82, 2.24) is 0 Å². The number of carbonyl (C=O) groups is 3. The molecule has 3 N–H and O–H groups in total. The SMILES string of the molecule is CCCCCCCCCCCCCCCc1cccc(OC(CCC)Nc2ccc(Cl)c(NC(=O)C(Oc3ccc(C(=O)O)cc3)C(=O)C(C)(C)C)c2)c1. The van der Waals surface area contributed by atoms with Crippen molar-refractivity contribution < 1.29 is 29.0 Å². The molecule has 2 unspecified atom stereocenters. The molecule has 296 valence electrons. The number of ketones is 1. The summed E-state index contributed by atoms with van der Waals surface area (Å²) in [6.45, 7) is 9.47. The van der Waals surface area contributed by atoms with Gasteiger partial charge in [0.25, 0.3) is 5.91 Å². The number of carboxylic acid groups (broad SMARTS) is 1. The van der Waals surface area contributed by atoms with Gasteiger partial charge in [0.15, 0.2) is 12.0 Å². The van der Waals surface area contributed by atoms with Crippen molar-refractivity contribution >= 4 is 40.6 Å². The molecule has 8 nitrogen and oxygen atoms in total. The third-order valence-electron chi connectivity index (χ3n) is 9.42. The van der Waals surface area contributed by atoms with Gasteiger partial charge in [0.1, 0.15) is 11.5 Å². The first-order valence-corrected chi connectivity index (χ1v) is 20.5. The second kappa shape index (κ2) is 23.7. The van der Waals surface area contributed by atoms with Gasteiger partial charge in [0.05, 0.1) is 16.3 Å². The number of aryl methyl sites for hydroxylation is 1. The first-order chi connectivity index (χ1) is 25.9. The lowest BCUT2D eigenvalue weighted by molar-refractivity contribution is -0.140. The van der Waals surface area contributed by atoms with E-state index in [0.29, 0.717) is 11.4 Å². The van der Waals surface area contributed by atoms with Gasteiger partial charge in [-0.25, -0.2) is 4.79 Å². The average molecular weight is 763 g/mol. The molecule has 0 radical (unpaired) electrons. The van der Waals surface area contributed by atoms with Crippen LogP contribution in [0.1, 0.15) is 147 Å². The fourth-order valence-electron chi connectivity index (χ4n) is 6.23. The molecular weight excluding hydrogens is 700 g/mol. The molecular formula is C45H63ClN2O6. The molecule has 0 fully saturated rings. The van der Waals surface area contributed by atoms with Crippen LogP contribution in [0.5, 0.6) is 11.5 Å². The number of unbranched alkanes of at least 4 members (excludes halogenated alkanes) is 12. The molecule has 9 heteroatoms. The van der Waals surface area contributed by atoms with Gasteiger partial charge in [-0.2, -0.15) is 0 Å². The van der Waals surface area contributed by atoms with Crippen LogP contribution in [0, 0.1) is 5.41 Å². The number of carbonyl (C=O) groups excluding carboxylic acids is 2. The normalized spacial score (nSPS) is 12.5. The molecule has 0 bridgehead atoms. The molecule has 3 rings (SSSR count). The highest BCUT2D eigenvalue weighted by Crippen LogP contribution is 2.29. The van der Waals surface area contributed by atoms with Crippen molar-refractivity contribution in [1.29, 1.82) is 0 Å². The predicted octanol–water partition coefficient (Wildman–Crippen LogP) is 12.3. The van der Waals surface area contributed by atoms with E-state index < -0.39 is 29.2 Å². The Morgan fingerprint density at radius 3 is 1.91 bits per heavy atom. The minimum Gasteiger partial charge on any atom is -0.478 e. The molecule has 0 aromatic heterocycles. The van der Waals surface area contributed by atoms with Gasteiger partial charge < -0.3 is 25.2 Å². The van der Waals surface area contributed by atoms with Gasteiger partial charge in [0.2, 0.25) is 6.10 Å². The van der Waals surface area contributed by atoms with E-state index in [9.17, 15) is 19.5 Å². The van der Waals surface area contributed by atoms with Crippen molar-refractivity contribution in [3.8, 4) is 11.5 Å². The minimum atomic E-state index is -1.50. The Kier molecular flexibility index (Phi) is 19.5. The molecule has 0 heterocycles. The molecule has 0 spiro atoms. The molecule has 0 aliphatic heterocycles. The van der Waals surface area contributed by atoms with E-state index in [1.165, 1.54) is 113 Å². The second-order valence-corrected chi connectivity index (χ2v) is 15.7. The first-order valence-electron chi connectivity index (χ1n) is 20.1. The Morgan fingerprint density at radius 1 is 0.722 bits per heavy atom. The maximum atomic E-state index is 13.6. The molecule has 0 saturated carbocycles. The molecule has 0 aliphatic carbocycles. The topological polar surface area (TPSA) is 114 Å². The zero-order valence-corrected chi connectivity index (χ0v) is 33.9. The Hall–Kier alpha value is -4.04. The van der Waals surface area contributed by atoms with Crippen LogP contribution >= 0.6 is 11.6 Å². The van der Waals surface area contributed by atoms with Crippen LogP contribution in [0.25, 0.3) is 0 Å². The number of hydrogen-bond acceptors (Lipinski definition) is 6. The zero-order valence-electron chi connectivity index (χ0n) is 33.2. The van der Waals surface area contributed by atoms with Crippen LogP contribution in [0.2, 0.25) is 5.02 Å². The summed E-state index contributed by atoms with van der Waals surface area (Å²) < 4.78 is 12.3. The van der Waals surface area contributed by atoms with Gasteiger partial charge in [-0.05, 0) is 73.0 Å². The number of carboxylic acids is 1. The molecule has 1 amide bonds. The quantitative estimate of drug-likeness (QED) is 0.0424. The van der Waals surface area contributed by atoms with Crippen molar-refractivity contribution in [2.75, 3.05) is 10.6 Å². The number of nitrogens with one attached hydrogen (secondary N) is 2. The highest BCUT2D eigenvalue weighted by Gasteiger charge is 2.37. The third kappa shape index (κ3) is 16.1.